The molecule has 0 saturated heterocycles. The highest BCUT2D eigenvalue weighted by Gasteiger charge is 2.15. The van der Waals surface area contributed by atoms with Crippen molar-refractivity contribution in [3.05, 3.63) is 70.2 Å². The second kappa shape index (κ2) is 7.64. The van der Waals surface area contributed by atoms with Gasteiger partial charge in [-0.2, -0.15) is 0 Å². The first-order valence-corrected chi connectivity index (χ1v) is 8.27. The fraction of sp³-hybridized carbons (Fsp3) is 0.105. The van der Waals surface area contributed by atoms with Gasteiger partial charge in [0.2, 0.25) is 0 Å². The number of phenols is 1. The van der Waals surface area contributed by atoms with E-state index in [1.807, 2.05) is 12.1 Å². The van der Waals surface area contributed by atoms with Crippen LogP contribution in [0.1, 0.15) is 10.4 Å². The van der Waals surface area contributed by atoms with Crippen molar-refractivity contribution in [1.29, 1.82) is 0 Å². The quantitative estimate of drug-likeness (QED) is 0.497. The molecule has 4 nitrogen and oxygen atoms in total. The van der Waals surface area contributed by atoms with Gasteiger partial charge in [-0.1, -0.05) is 53.5 Å². The highest BCUT2D eigenvalue weighted by atomic mass is 35.5. The Balaban J connectivity index is 1.60. The van der Waals surface area contributed by atoms with Gasteiger partial charge in [0, 0.05) is 10.4 Å². The van der Waals surface area contributed by atoms with Crippen LogP contribution in [0, 0.1) is 0 Å². The summed E-state index contributed by atoms with van der Waals surface area (Å²) in [5, 5.41) is 12.6. The van der Waals surface area contributed by atoms with Crippen molar-refractivity contribution in [3.63, 3.8) is 0 Å². The highest BCUT2D eigenvalue weighted by molar-refractivity contribution is 6.35. The summed E-state index contributed by atoms with van der Waals surface area (Å²) >= 11 is 11.8. The molecule has 0 saturated carbocycles. The van der Waals surface area contributed by atoms with Gasteiger partial charge in [0.1, 0.15) is 30.3 Å². The van der Waals surface area contributed by atoms with Crippen molar-refractivity contribution >= 4 is 39.9 Å². The molecule has 0 unspecified atom stereocenters. The molecule has 0 aromatic heterocycles. The lowest BCUT2D eigenvalue weighted by Crippen LogP contribution is -2.12. The molecule has 3 aromatic rings. The number of phenolic OH excluding ortho intramolecular Hbond substituents is 1. The molecule has 1 N–H and O–H groups in total. The van der Waals surface area contributed by atoms with Crippen molar-refractivity contribution in [2.75, 3.05) is 13.2 Å². The van der Waals surface area contributed by atoms with E-state index in [0.717, 1.165) is 5.39 Å². The maximum atomic E-state index is 12.2. The fourth-order valence-corrected chi connectivity index (χ4v) is 2.84. The Morgan fingerprint density at radius 3 is 2.60 bits per heavy atom. The van der Waals surface area contributed by atoms with Gasteiger partial charge in [-0.3, -0.25) is 0 Å². The summed E-state index contributed by atoms with van der Waals surface area (Å²) in [7, 11) is 0. The summed E-state index contributed by atoms with van der Waals surface area (Å²) in [4.78, 5) is 12.2. The van der Waals surface area contributed by atoms with Gasteiger partial charge in [-0.15, -0.1) is 0 Å². The third-order valence-corrected chi connectivity index (χ3v) is 4.12. The van der Waals surface area contributed by atoms with Gasteiger partial charge in [0.25, 0.3) is 0 Å². The Morgan fingerprint density at radius 2 is 1.80 bits per heavy atom. The number of carbonyl (C=O) groups excluding carboxylic acids is 1. The van der Waals surface area contributed by atoms with Gasteiger partial charge in [-0.25, -0.2) is 4.79 Å². The van der Waals surface area contributed by atoms with Crippen LogP contribution in [0.3, 0.4) is 0 Å². The molecule has 3 rings (SSSR count). The molecular formula is C19H14Cl2O4. The van der Waals surface area contributed by atoms with Gasteiger partial charge in [0.15, 0.2) is 0 Å². The van der Waals surface area contributed by atoms with Gasteiger partial charge in [-0.05, 0) is 29.7 Å². The molecule has 0 fully saturated rings. The molecule has 0 aliphatic carbocycles. The highest BCUT2D eigenvalue weighted by Crippen LogP contribution is 2.29. The second-order valence-electron chi connectivity index (χ2n) is 5.24. The molecule has 0 aliphatic heterocycles. The predicted molar refractivity (Wildman–Crippen MR) is 97.9 cm³/mol. The van der Waals surface area contributed by atoms with Gasteiger partial charge in [0.05, 0.1) is 5.02 Å². The molecule has 6 heteroatoms. The first-order valence-electron chi connectivity index (χ1n) is 7.52. The zero-order valence-corrected chi connectivity index (χ0v) is 14.6. The van der Waals surface area contributed by atoms with Crippen LogP contribution in [0.25, 0.3) is 10.8 Å². The summed E-state index contributed by atoms with van der Waals surface area (Å²) in [6, 6.07) is 15.4. The summed E-state index contributed by atoms with van der Waals surface area (Å²) in [5.74, 6) is -0.255. The summed E-state index contributed by atoms with van der Waals surface area (Å²) in [5.41, 5.74) is 0.114. The summed E-state index contributed by atoms with van der Waals surface area (Å²) < 4.78 is 10.6. The molecule has 0 amide bonds. The van der Waals surface area contributed by atoms with E-state index < -0.39 is 5.97 Å². The third kappa shape index (κ3) is 3.98. The molecule has 0 aliphatic rings. The van der Waals surface area contributed by atoms with E-state index in [1.165, 1.54) is 6.07 Å². The molecule has 0 atom stereocenters. The SMILES string of the molecule is O=C(OCCOc1ccc(Cl)cc1Cl)c1ccc2ccccc2c1O. The Hall–Kier alpha value is -2.43. The van der Waals surface area contributed by atoms with Crippen LogP contribution in [0.15, 0.2) is 54.6 Å². The number of esters is 1. The Bertz CT molecular complexity index is 924. The summed E-state index contributed by atoms with van der Waals surface area (Å²) in [6.07, 6.45) is 0. The van der Waals surface area contributed by atoms with E-state index in [0.29, 0.717) is 21.2 Å². The maximum absolute atomic E-state index is 12.2. The first kappa shape index (κ1) is 17.4. The van der Waals surface area contributed by atoms with Crippen LogP contribution in [-0.2, 0) is 4.74 Å². The minimum absolute atomic E-state index is 0.0179. The average molecular weight is 377 g/mol. The van der Waals surface area contributed by atoms with E-state index >= 15 is 0 Å². The van der Waals surface area contributed by atoms with Crippen LogP contribution in [-0.4, -0.2) is 24.3 Å². The Morgan fingerprint density at radius 1 is 1.00 bits per heavy atom. The predicted octanol–water partition coefficient (Wildman–Crippen LogP) is 5.09. The fourth-order valence-electron chi connectivity index (χ4n) is 2.38. The van der Waals surface area contributed by atoms with Crippen LogP contribution < -0.4 is 4.74 Å². The molecule has 0 radical (unpaired) electrons. The molecule has 128 valence electrons. The second-order valence-corrected chi connectivity index (χ2v) is 6.09. The normalized spacial score (nSPS) is 10.6. The first-order chi connectivity index (χ1) is 12.1. The maximum Gasteiger partial charge on any atom is 0.342 e. The minimum Gasteiger partial charge on any atom is -0.506 e. The van der Waals surface area contributed by atoms with Gasteiger partial charge >= 0.3 is 5.97 Å². The Kier molecular flexibility index (Phi) is 5.31. The van der Waals surface area contributed by atoms with Crippen molar-refractivity contribution in [3.8, 4) is 11.5 Å². The zero-order valence-electron chi connectivity index (χ0n) is 13.0. The van der Waals surface area contributed by atoms with Crippen molar-refractivity contribution in [1.82, 2.24) is 0 Å². The monoisotopic (exact) mass is 376 g/mol. The standard InChI is InChI=1S/C19H14Cl2O4/c20-13-6-8-17(16(21)11-13)24-9-10-25-19(23)15-7-5-12-3-1-2-4-14(12)18(15)22/h1-8,11,22H,9-10H2. The largest absolute Gasteiger partial charge is 0.506 e. The number of halogens is 2. The van der Waals surface area contributed by atoms with E-state index in [4.69, 9.17) is 32.7 Å². The number of carbonyl (C=O) groups is 1. The average Bonchev–Trinajstić information content (AvgIpc) is 2.60. The number of fused-ring (bicyclic) bond motifs is 1. The molecule has 25 heavy (non-hydrogen) atoms. The smallest absolute Gasteiger partial charge is 0.342 e. The topological polar surface area (TPSA) is 55.8 Å². The third-order valence-electron chi connectivity index (χ3n) is 3.59. The minimum atomic E-state index is -0.617. The van der Waals surface area contributed by atoms with Crippen LogP contribution >= 0.6 is 23.2 Å². The number of aromatic hydroxyl groups is 1. The Labute approximate surface area is 154 Å². The molecule has 0 bridgehead atoms. The number of hydrogen-bond donors (Lipinski definition) is 1. The van der Waals surface area contributed by atoms with Crippen molar-refractivity contribution in [2.45, 2.75) is 0 Å². The summed E-state index contributed by atoms with van der Waals surface area (Å²) in [6.45, 7) is 0.144. The molecule has 3 aromatic carbocycles. The van der Waals surface area contributed by atoms with Crippen LogP contribution in [0.4, 0.5) is 0 Å². The van der Waals surface area contributed by atoms with E-state index in [2.05, 4.69) is 0 Å². The molecular weight excluding hydrogens is 363 g/mol. The van der Waals surface area contributed by atoms with Crippen LogP contribution in [0.2, 0.25) is 10.0 Å². The number of hydrogen-bond acceptors (Lipinski definition) is 4. The lowest BCUT2D eigenvalue weighted by atomic mass is 10.1. The van der Waals surface area contributed by atoms with E-state index in [9.17, 15) is 9.90 Å². The van der Waals surface area contributed by atoms with Crippen molar-refractivity contribution < 1.29 is 19.4 Å². The molecule has 0 heterocycles. The van der Waals surface area contributed by atoms with Crippen LogP contribution in [0.5, 0.6) is 11.5 Å². The molecule has 0 spiro atoms. The van der Waals surface area contributed by atoms with E-state index in [-0.39, 0.29) is 24.5 Å². The van der Waals surface area contributed by atoms with Crippen molar-refractivity contribution in [2.24, 2.45) is 0 Å². The number of benzene rings is 3. The zero-order chi connectivity index (χ0) is 17.8. The van der Waals surface area contributed by atoms with Gasteiger partial charge < -0.3 is 14.6 Å². The lowest BCUT2D eigenvalue weighted by molar-refractivity contribution is 0.0447. The number of ether oxygens (including phenoxy) is 2. The number of rotatable bonds is 5. The van der Waals surface area contributed by atoms with E-state index in [1.54, 1.807) is 36.4 Å². The lowest BCUT2D eigenvalue weighted by Gasteiger charge is -2.10.